The van der Waals surface area contributed by atoms with Crippen molar-refractivity contribution in [2.45, 2.75) is 257 Å². The minimum absolute atomic E-state index is 0.0521. The van der Waals surface area contributed by atoms with E-state index in [2.05, 4.69) is 55.6 Å². The van der Waals surface area contributed by atoms with Gasteiger partial charge in [0, 0.05) is 6.42 Å². The van der Waals surface area contributed by atoms with Crippen molar-refractivity contribution in [1.82, 2.24) is 5.32 Å². The van der Waals surface area contributed by atoms with E-state index in [4.69, 9.17) is 9.05 Å². The second-order valence-electron chi connectivity index (χ2n) is 19.6. The Balaban J connectivity index is 4.36. The van der Waals surface area contributed by atoms with Crippen molar-refractivity contribution < 1.29 is 32.9 Å². The minimum Gasteiger partial charge on any atom is -0.387 e. The van der Waals surface area contributed by atoms with Crippen molar-refractivity contribution in [3.8, 4) is 0 Å². The molecule has 0 radical (unpaired) electrons. The fourth-order valence-corrected chi connectivity index (χ4v) is 8.45. The molecule has 0 aliphatic carbocycles. The van der Waals surface area contributed by atoms with E-state index in [9.17, 15) is 19.4 Å². The summed E-state index contributed by atoms with van der Waals surface area (Å²) in [6.07, 6.45) is 60.6. The number of carbonyl (C=O) groups excluding carboxylic acids is 1. The highest BCUT2D eigenvalue weighted by Crippen LogP contribution is 2.43. The summed E-state index contributed by atoms with van der Waals surface area (Å²) in [4.78, 5) is 23.2. The summed E-state index contributed by atoms with van der Waals surface area (Å²) >= 11 is 0. The van der Waals surface area contributed by atoms with E-state index in [0.717, 1.165) is 44.9 Å². The number of hydrogen-bond donors (Lipinski definition) is 3. The molecule has 0 rings (SSSR count). The van der Waals surface area contributed by atoms with Crippen LogP contribution in [-0.2, 0) is 18.4 Å². The Hall–Kier alpha value is -1.54. The fraction of sp³-hybridized carbons (Fsp3) is 0.836. The van der Waals surface area contributed by atoms with E-state index in [1.165, 1.54) is 180 Å². The van der Waals surface area contributed by atoms with E-state index in [1.807, 2.05) is 27.2 Å². The van der Waals surface area contributed by atoms with E-state index in [-0.39, 0.29) is 19.1 Å². The molecule has 0 aliphatic rings. The van der Waals surface area contributed by atoms with E-state index in [1.54, 1.807) is 6.08 Å². The second-order valence-corrected chi connectivity index (χ2v) is 21.0. The lowest BCUT2D eigenvalue weighted by atomic mass is 10.0. The first kappa shape index (κ1) is 62.5. The second kappa shape index (κ2) is 46.6. The number of nitrogens with one attached hydrogen (secondary N) is 1. The van der Waals surface area contributed by atoms with Crippen LogP contribution < -0.4 is 5.32 Å². The number of rotatable bonds is 49. The molecule has 0 heterocycles. The van der Waals surface area contributed by atoms with E-state index < -0.39 is 20.0 Å². The van der Waals surface area contributed by atoms with Gasteiger partial charge in [-0.05, 0) is 70.6 Å². The van der Waals surface area contributed by atoms with Gasteiger partial charge in [0.05, 0.1) is 39.9 Å². The van der Waals surface area contributed by atoms with E-state index >= 15 is 0 Å². The normalized spacial score (nSPS) is 14.4. The Bertz CT molecular complexity index is 1180. The van der Waals surface area contributed by atoms with Crippen LogP contribution in [0.3, 0.4) is 0 Å². The third-order valence-electron chi connectivity index (χ3n) is 12.0. The molecule has 0 aliphatic heterocycles. The van der Waals surface area contributed by atoms with Crippen molar-refractivity contribution in [2.24, 2.45) is 0 Å². The first-order chi connectivity index (χ1) is 31.0. The number of hydrogen-bond acceptors (Lipinski definition) is 5. The molecule has 0 saturated heterocycles. The number of nitrogens with zero attached hydrogens (tertiary/aromatic N) is 1. The van der Waals surface area contributed by atoms with Crippen LogP contribution in [-0.4, -0.2) is 73.4 Å². The lowest BCUT2D eigenvalue weighted by Gasteiger charge is -2.25. The largest absolute Gasteiger partial charge is 0.472 e. The number of allylic oxidation sites excluding steroid dienone is 7. The van der Waals surface area contributed by atoms with Crippen LogP contribution in [0.2, 0.25) is 0 Å². The van der Waals surface area contributed by atoms with Gasteiger partial charge in [0.25, 0.3) is 0 Å². The number of phosphoric acid groups is 1. The summed E-state index contributed by atoms with van der Waals surface area (Å²) in [5.74, 6) is -0.195. The first-order valence-electron chi connectivity index (χ1n) is 27.0. The van der Waals surface area contributed by atoms with Gasteiger partial charge in [-0.3, -0.25) is 13.8 Å². The summed E-state index contributed by atoms with van der Waals surface area (Å²) in [5.41, 5.74) is 0. The molecule has 8 nitrogen and oxygen atoms in total. The molecular formula is C55H106N2O6P+. The fourth-order valence-electron chi connectivity index (χ4n) is 7.72. The maximum atomic E-state index is 12.9. The molecule has 0 aromatic rings. The topological polar surface area (TPSA) is 105 Å². The van der Waals surface area contributed by atoms with Gasteiger partial charge in [-0.15, -0.1) is 0 Å². The molecule has 9 heteroatoms. The number of unbranched alkanes of at least 4 members (excludes halogenated alkanes) is 30. The Morgan fingerprint density at radius 3 is 1.25 bits per heavy atom. The molecule has 0 aromatic carbocycles. The van der Waals surface area contributed by atoms with Crippen LogP contribution in [0.15, 0.2) is 48.6 Å². The predicted molar refractivity (Wildman–Crippen MR) is 277 cm³/mol. The molecule has 3 N–H and O–H groups in total. The average Bonchev–Trinajstić information content (AvgIpc) is 3.25. The van der Waals surface area contributed by atoms with Crippen molar-refractivity contribution in [3.05, 3.63) is 48.6 Å². The summed E-state index contributed by atoms with van der Waals surface area (Å²) in [6.45, 7) is 4.80. The SMILES string of the molecule is CCCCCCCCCC/C=C\CCCCCCCCCC(=O)NC(COP(=O)(O)OCC[N+](C)(C)C)C(O)/C=C/CC/C=C/CC/C=C/CCCCCCCCCCCCCCC. The highest BCUT2D eigenvalue weighted by Gasteiger charge is 2.27. The number of carbonyl (C=O) groups is 1. The highest BCUT2D eigenvalue weighted by molar-refractivity contribution is 7.47. The van der Waals surface area contributed by atoms with E-state index in [0.29, 0.717) is 17.4 Å². The molecule has 376 valence electrons. The number of amides is 1. The van der Waals surface area contributed by atoms with Crippen molar-refractivity contribution >= 4 is 13.7 Å². The zero-order valence-corrected chi connectivity index (χ0v) is 43.7. The molecule has 3 unspecified atom stereocenters. The highest BCUT2D eigenvalue weighted by atomic mass is 31.2. The van der Waals surface area contributed by atoms with Gasteiger partial charge in [0.15, 0.2) is 0 Å². The molecule has 64 heavy (non-hydrogen) atoms. The molecular weight excluding hydrogens is 816 g/mol. The zero-order valence-electron chi connectivity index (χ0n) is 42.8. The Morgan fingerprint density at radius 1 is 0.516 bits per heavy atom. The first-order valence-corrected chi connectivity index (χ1v) is 28.5. The standard InChI is InChI=1S/C55H105N2O6P/c1-6-8-10-12-14-16-18-20-22-24-26-27-28-29-31-32-34-36-38-40-42-44-46-48-54(58)53(52-63-64(60,61)62-51-50-57(3,4)5)56-55(59)49-47-45-43-41-39-37-35-33-30-25-23-21-19-17-15-13-11-9-7-2/h25,30-32,38,40,46,48,53-54,58H,6-24,26-29,33-37,39,41-45,47,49-52H2,1-5H3,(H-,56,59,60,61)/p+1/b30-25-,32-31+,40-38+,48-46+. The van der Waals surface area contributed by atoms with Crippen LogP contribution in [0.25, 0.3) is 0 Å². The van der Waals surface area contributed by atoms with Gasteiger partial charge in [-0.25, -0.2) is 4.57 Å². The summed E-state index contributed by atoms with van der Waals surface area (Å²) in [7, 11) is 1.54. The molecule has 1 amide bonds. The van der Waals surface area contributed by atoms with Gasteiger partial charge in [-0.1, -0.05) is 217 Å². The number of phosphoric ester groups is 1. The van der Waals surface area contributed by atoms with Gasteiger partial charge < -0.3 is 19.8 Å². The average molecular weight is 922 g/mol. The van der Waals surface area contributed by atoms with Crippen LogP contribution >= 0.6 is 7.82 Å². The monoisotopic (exact) mass is 922 g/mol. The van der Waals surface area contributed by atoms with Crippen molar-refractivity contribution in [1.29, 1.82) is 0 Å². The quantitative estimate of drug-likeness (QED) is 0.0243. The predicted octanol–water partition coefficient (Wildman–Crippen LogP) is 16.0. The number of aliphatic hydroxyl groups is 1. The minimum atomic E-state index is -4.36. The van der Waals surface area contributed by atoms with Gasteiger partial charge >= 0.3 is 7.82 Å². The maximum absolute atomic E-state index is 12.9. The third kappa shape index (κ3) is 48.4. The summed E-state index contributed by atoms with van der Waals surface area (Å²) in [6, 6.07) is -0.873. The smallest absolute Gasteiger partial charge is 0.387 e. The van der Waals surface area contributed by atoms with Gasteiger partial charge in [0.2, 0.25) is 5.91 Å². The number of likely N-dealkylation sites (N-methyl/N-ethyl adjacent to an activating group) is 1. The molecule has 0 saturated carbocycles. The summed E-state index contributed by atoms with van der Waals surface area (Å²) < 4.78 is 23.6. The van der Waals surface area contributed by atoms with Crippen molar-refractivity contribution in [3.63, 3.8) is 0 Å². The van der Waals surface area contributed by atoms with Gasteiger partial charge in [0.1, 0.15) is 13.2 Å². The number of aliphatic hydroxyl groups excluding tert-OH is 1. The Morgan fingerprint density at radius 2 is 0.859 bits per heavy atom. The van der Waals surface area contributed by atoms with Gasteiger partial charge in [-0.2, -0.15) is 0 Å². The van der Waals surface area contributed by atoms with Crippen LogP contribution in [0.1, 0.15) is 245 Å². The van der Waals surface area contributed by atoms with Crippen molar-refractivity contribution in [2.75, 3.05) is 40.9 Å². The van der Waals surface area contributed by atoms with Crippen LogP contribution in [0.5, 0.6) is 0 Å². The summed E-state index contributed by atoms with van der Waals surface area (Å²) in [5, 5.41) is 13.9. The Labute approximate surface area is 397 Å². The maximum Gasteiger partial charge on any atom is 0.472 e. The molecule has 3 atom stereocenters. The van der Waals surface area contributed by atoms with Crippen LogP contribution in [0.4, 0.5) is 0 Å². The molecule has 0 spiro atoms. The third-order valence-corrected chi connectivity index (χ3v) is 13.0. The number of quaternary nitrogens is 1. The molecule has 0 bridgehead atoms. The lowest BCUT2D eigenvalue weighted by molar-refractivity contribution is -0.870. The Kier molecular flexibility index (Phi) is 45.4. The zero-order chi connectivity index (χ0) is 47.1. The molecule has 0 aromatic heterocycles. The molecule has 0 fully saturated rings. The lowest BCUT2D eigenvalue weighted by Crippen LogP contribution is -2.45. The van der Waals surface area contributed by atoms with Crippen LogP contribution in [0, 0.1) is 0 Å².